The highest BCUT2D eigenvalue weighted by atomic mass is 32.1. The van der Waals surface area contributed by atoms with E-state index in [1.54, 1.807) is 18.0 Å². The molecule has 1 amide bonds. The standard InChI is InChI=1S/C14H15FN2OS/c1-10-9-19-14(16-10)17(2)13(18)7-6-11-4-3-5-12(15)8-11/h3-5,8-9H,6-7H2,1-2H3. The van der Waals surface area contributed by atoms with Crippen molar-refractivity contribution in [3.8, 4) is 0 Å². The van der Waals surface area contributed by atoms with E-state index >= 15 is 0 Å². The SMILES string of the molecule is Cc1csc(N(C)C(=O)CCc2cccc(F)c2)n1. The molecule has 0 radical (unpaired) electrons. The minimum absolute atomic E-state index is 0.0152. The quantitative estimate of drug-likeness (QED) is 0.860. The van der Waals surface area contributed by atoms with Crippen LogP contribution < -0.4 is 4.90 Å². The van der Waals surface area contributed by atoms with Crippen LogP contribution >= 0.6 is 11.3 Å². The number of aromatic nitrogens is 1. The molecule has 0 aliphatic carbocycles. The predicted molar refractivity (Wildman–Crippen MR) is 75.0 cm³/mol. The van der Waals surface area contributed by atoms with Crippen molar-refractivity contribution in [2.24, 2.45) is 0 Å². The zero-order chi connectivity index (χ0) is 13.8. The monoisotopic (exact) mass is 278 g/mol. The fourth-order valence-corrected chi connectivity index (χ4v) is 2.50. The molecule has 0 saturated carbocycles. The van der Waals surface area contributed by atoms with Crippen LogP contribution in [0.3, 0.4) is 0 Å². The number of carbonyl (C=O) groups is 1. The van der Waals surface area contributed by atoms with E-state index in [0.29, 0.717) is 18.0 Å². The van der Waals surface area contributed by atoms with Crippen molar-refractivity contribution in [2.75, 3.05) is 11.9 Å². The molecule has 3 nitrogen and oxygen atoms in total. The maximum absolute atomic E-state index is 13.0. The number of hydrogen-bond acceptors (Lipinski definition) is 3. The zero-order valence-corrected chi connectivity index (χ0v) is 11.7. The Morgan fingerprint density at radius 2 is 2.26 bits per heavy atom. The smallest absolute Gasteiger partial charge is 0.228 e. The number of aryl methyl sites for hydroxylation is 2. The van der Waals surface area contributed by atoms with Gasteiger partial charge in [0, 0.05) is 18.8 Å². The van der Waals surface area contributed by atoms with Crippen molar-refractivity contribution in [1.29, 1.82) is 0 Å². The second kappa shape index (κ2) is 5.93. The number of benzene rings is 1. The largest absolute Gasteiger partial charge is 0.291 e. The molecule has 0 atom stereocenters. The number of anilines is 1. The Balaban J connectivity index is 1.94. The second-order valence-corrected chi connectivity index (χ2v) is 5.19. The Labute approximate surface area is 115 Å². The first-order valence-electron chi connectivity index (χ1n) is 5.99. The highest BCUT2D eigenvalue weighted by Crippen LogP contribution is 2.19. The maximum atomic E-state index is 13.0. The van der Waals surface area contributed by atoms with Gasteiger partial charge in [-0.25, -0.2) is 9.37 Å². The van der Waals surface area contributed by atoms with E-state index in [1.807, 2.05) is 18.4 Å². The second-order valence-electron chi connectivity index (χ2n) is 4.35. The van der Waals surface area contributed by atoms with Gasteiger partial charge < -0.3 is 0 Å². The van der Waals surface area contributed by atoms with Crippen LogP contribution in [0.4, 0.5) is 9.52 Å². The molecule has 0 unspecified atom stereocenters. The third-order valence-corrected chi connectivity index (χ3v) is 3.82. The lowest BCUT2D eigenvalue weighted by atomic mass is 10.1. The van der Waals surface area contributed by atoms with Gasteiger partial charge in [-0.05, 0) is 31.0 Å². The highest BCUT2D eigenvalue weighted by molar-refractivity contribution is 7.14. The molecule has 0 aliphatic heterocycles. The summed E-state index contributed by atoms with van der Waals surface area (Å²) < 4.78 is 13.0. The van der Waals surface area contributed by atoms with Crippen molar-refractivity contribution >= 4 is 22.4 Å². The fourth-order valence-electron chi connectivity index (χ4n) is 1.71. The van der Waals surface area contributed by atoms with Gasteiger partial charge in [0.25, 0.3) is 0 Å². The number of amides is 1. The van der Waals surface area contributed by atoms with Gasteiger partial charge in [0.05, 0.1) is 5.69 Å². The Bertz CT molecular complexity index is 582. The van der Waals surface area contributed by atoms with Crippen LogP contribution in [0.15, 0.2) is 29.6 Å². The topological polar surface area (TPSA) is 33.2 Å². The van der Waals surface area contributed by atoms with Crippen LogP contribution in [0.1, 0.15) is 17.7 Å². The van der Waals surface area contributed by atoms with E-state index in [1.165, 1.54) is 23.5 Å². The van der Waals surface area contributed by atoms with Gasteiger partial charge in [-0.3, -0.25) is 9.69 Å². The molecule has 19 heavy (non-hydrogen) atoms. The third-order valence-electron chi connectivity index (χ3n) is 2.78. The summed E-state index contributed by atoms with van der Waals surface area (Å²) in [4.78, 5) is 17.8. The van der Waals surface area contributed by atoms with E-state index in [2.05, 4.69) is 4.98 Å². The van der Waals surface area contributed by atoms with Crippen LogP contribution in [0.2, 0.25) is 0 Å². The first-order valence-corrected chi connectivity index (χ1v) is 6.87. The molecule has 1 aromatic carbocycles. The average Bonchev–Trinajstić information content (AvgIpc) is 2.82. The molecule has 1 heterocycles. The summed E-state index contributed by atoms with van der Waals surface area (Å²) in [6, 6.07) is 6.34. The Hall–Kier alpha value is -1.75. The summed E-state index contributed by atoms with van der Waals surface area (Å²) in [5.74, 6) is -0.285. The molecule has 0 saturated heterocycles. The van der Waals surface area contributed by atoms with Crippen LogP contribution in [0, 0.1) is 12.7 Å². The van der Waals surface area contributed by atoms with E-state index in [-0.39, 0.29) is 11.7 Å². The first-order chi connectivity index (χ1) is 9.06. The number of nitrogens with zero attached hydrogens (tertiary/aromatic N) is 2. The van der Waals surface area contributed by atoms with Crippen LogP contribution in [-0.4, -0.2) is 17.9 Å². The summed E-state index contributed by atoms with van der Waals surface area (Å²) in [6.45, 7) is 1.89. The molecule has 5 heteroatoms. The van der Waals surface area contributed by atoms with Crippen molar-refractivity contribution in [3.05, 3.63) is 46.7 Å². The van der Waals surface area contributed by atoms with Crippen LogP contribution in [-0.2, 0) is 11.2 Å². The lowest BCUT2D eigenvalue weighted by Gasteiger charge is -2.13. The average molecular weight is 278 g/mol. The van der Waals surface area contributed by atoms with Gasteiger partial charge in [0.1, 0.15) is 5.82 Å². The highest BCUT2D eigenvalue weighted by Gasteiger charge is 2.13. The molecule has 0 aliphatic rings. The lowest BCUT2D eigenvalue weighted by Crippen LogP contribution is -2.26. The van der Waals surface area contributed by atoms with E-state index in [4.69, 9.17) is 0 Å². The maximum Gasteiger partial charge on any atom is 0.228 e. The minimum atomic E-state index is -0.270. The Morgan fingerprint density at radius 1 is 1.47 bits per heavy atom. The van der Waals surface area contributed by atoms with E-state index in [0.717, 1.165) is 11.3 Å². The van der Waals surface area contributed by atoms with Gasteiger partial charge in [-0.1, -0.05) is 12.1 Å². The van der Waals surface area contributed by atoms with Crippen molar-refractivity contribution in [2.45, 2.75) is 19.8 Å². The third kappa shape index (κ3) is 3.61. The first kappa shape index (κ1) is 13.7. The molecular weight excluding hydrogens is 263 g/mol. The van der Waals surface area contributed by atoms with Gasteiger partial charge in [-0.2, -0.15) is 0 Å². The van der Waals surface area contributed by atoms with Crippen LogP contribution in [0.5, 0.6) is 0 Å². The van der Waals surface area contributed by atoms with Gasteiger partial charge in [0.2, 0.25) is 5.91 Å². The van der Waals surface area contributed by atoms with E-state index in [9.17, 15) is 9.18 Å². The summed E-state index contributed by atoms with van der Waals surface area (Å²) >= 11 is 1.44. The Kier molecular flexibility index (Phi) is 4.27. The van der Waals surface area contributed by atoms with Crippen LogP contribution in [0.25, 0.3) is 0 Å². The number of rotatable bonds is 4. The number of thiazole rings is 1. The molecular formula is C14H15FN2OS. The zero-order valence-electron chi connectivity index (χ0n) is 10.9. The van der Waals surface area contributed by atoms with Gasteiger partial charge in [-0.15, -0.1) is 11.3 Å². The number of hydrogen-bond donors (Lipinski definition) is 0. The summed E-state index contributed by atoms with van der Waals surface area (Å²) in [5.41, 5.74) is 1.74. The predicted octanol–water partition coefficient (Wildman–Crippen LogP) is 3.19. The van der Waals surface area contributed by atoms with Gasteiger partial charge >= 0.3 is 0 Å². The molecule has 0 N–H and O–H groups in total. The molecule has 0 fully saturated rings. The number of carbonyl (C=O) groups excluding carboxylic acids is 1. The Morgan fingerprint density at radius 3 is 2.89 bits per heavy atom. The minimum Gasteiger partial charge on any atom is -0.291 e. The molecule has 1 aromatic heterocycles. The van der Waals surface area contributed by atoms with Gasteiger partial charge in [0.15, 0.2) is 5.13 Å². The molecule has 0 spiro atoms. The van der Waals surface area contributed by atoms with Crippen molar-refractivity contribution < 1.29 is 9.18 Å². The van der Waals surface area contributed by atoms with Crippen molar-refractivity contribution in [3.63, 3.8) is 0 Å². The summed E-state index contributed by atoms with van der Waals surface area (Å²) in [7, 11) is 1.71. The molecule has 0 bridgehead atoms. The fraction of sp³-hybridized carbons (Fsp3) is 0.286. The van der Waals surface area contributed by atoms with E-state index < -0.39 is 0 Å². The summed E-state index contributed by atoms with van der Waals surface area (Å²) in [6.07, 6.45) is 0.879. The number of halogens is 1. The summed E-state index contributed by atoms with van der Waals surface area (Å²) in [5, 5.41) is 2.60. The lowest BCUT2D eigenvalue weighted by molar-refractivity contribution is -0.118. The van der Waals surface area contributed by atoms with Crippen molar-refractivity contribution in [1.82, 2.24) is 4.98 Å². The molecule has 2 aromatic rings. The normalized spacial score (nSPS) is 10.5. The molecule has 2 rings (SSSR count). The molecule has 100 valence electrons.